The van der Waals surface area contributed by atoms with Crippen LogP contribution in [0, 0.1) is 0 Å². The van der Waals surface area contributed by atoms with Crippen molar-refractivity contribution in [3.05, 3.63) is 93.5 Å². The fraction of sp³-hybridized carbons (Fsp3) is 0.120. The van der Waals surface area contributed by atoms with Gasteiger partial charge in [-0.2, -0.15) is 0 Å². The number of carbonyl (C=O) groups is 2. The van der Waals surface area contributed by atoms with Gasteiger partial charge in [0.2, 0.25) is 11.3 Å². The summed E-state index contributed by atoms with van der Waals surface area (Å²) in [5, 5.41) is 3.41. The Morgan fingerprint density at radius 3 is 2.47 bits per heavy atom. The largest absolute Gasteiger partial charge is 0.497 e. The Kier molecular flexibility index (Phi) is 6.60. The number of halogens is 1. The van der Waals surface area contributed by atoms with Crippen LogP contribution in [0.15, 0.2) is 71.9 Å². The topological polar surface area (TPSA) is 99.5 Å². The second-order valence-electron chi connectivity index (χ2n) is 7.35. The molecule has 1 N–H and O–H groups in total. The van der Waals surface area contributed by atoms with E-state index in [-0.39, 0.29) is 18.0 Å². The maximum Gasteiger partial charge on any atom is 0.244 e. The first-order valence-corrected chi connectivity index (χ1v) is 10.6. The fourth-order valence-corrected chi connectivity index (χ4v) is 3.81. The Morgan fingerprint density at radius 2 is 1.79 bits per heavy atom. The van der Waals surface area contributed by atoms with E-state index in [0.29, 0.717) is 38.7 Å². The summed E-state index contributed by atoms with van der Waals surface area (Å²) in [5.41, 5.74) is 0.774. The summed E-state index contributed by atoms with van der Waals surface area (Å²) in [7, 11) is 3.01. The zero-order valence-electron chi connectivity index (χ0n) is 18.4. The van der Waals surface area contributed by atoms with Crippen LogP contribution in [0.4, 0.5) is 5.69 Å². The van der Waals surface area contributed by atoms with E-state index in [4.69, 9.17) is 21.1 Å². The highest BCUT2D eigenvalue weighted by Crippen LogP contribution is 2.27. The molecule has 0 fully saturated rings. The molecule has 2 heterocycles. The molecule has 0 unspecified atom stereocenters. The smallest absolute Gasteiger partial charge is 0.244 e. The molecule has 0 saturated heterocycles. The van der Waals surface area contributed by atoms with Crippen molar-refractivity contribution in [2.24, 2.45) is 0 Å². The van der Waals surface area contributed by atoms with E-state index >= 15 is 0 Å². The van der Waals surface area contributed by atoms with Gasteiger partial charge < -0.3 is 19.4 Å². The number of aromatic nitrogens is 2. The first-order valence-electron chi connectivity index (χ1n) is 10.2. The lowest BCUT2D eigenvalue weighted by atomic mass is 10.0. The van der Waals surface area contributed by atoms with Gasteiger partial charge in [-0.05, 0) is 42.5 Å². The molecule has 0 radical (unpaired) electrons. The van der Waals surface area contributed by atoms with Gasteiger partial charge in [0.1, 0.15) is 18.0 Å². The zero-order chi connectivity index (χ0) is 24.2. The number of ketones is 1. The lowest BCUT2D eigenvalue weighted by Gasteiger charge is -2.15. The molecule has 0 spiro atoms. The van der Waals surface area contributed by atoms with E-state index < -0.39 is 11.2 Å². The standard InChI is InChI=1S/C25H20ClN3O5/c1-33-17-4-5-18-21(12-17)29(13-19(25(18)32)24(31)15-7-9-27-10-8-15)14-23(30)28-16-3-6-22(34-2)20(26)11-16/h3-13H,14H2,1-2H3,(H,28,30). The van der Waals surface area contributed by atoms with Crippen LogP contribution >= 0.6 is 11.6 Å². The number of carbonyl (C=O) groups excluding carboxylic acids is 2. The van der Waals surface area contributed by atoms with Gasteiger partial charge in [-0.25, -0.2) is 0 Å². The molecule has 0 aliphatic carbocycles. The molecule has 0 saturated carbocycles. The summed E-state index contributed by atoms with van der Waals surface area (Å²) >= 11 is 6.14. The number of nitrogens with one attached hydrogen (secondary N) is 1. The molecule has 1 amide bonds. The molecular formula is C25H20ClN3O5. The number of nitrogens with zero attached hydrogens (tertiary/aromatic N) is 2. The first kappa shape index (κ1) is 23.0. The highest BCUT2D eigenvalue weighted by atomic mass is 35.5. The van der Waals surface area contributed by atoms with Crippen LogP contribution in [0.1, 0.15) is 15.9 Å². The summed E-state index contributed by atoms with van der Waals surface area (Å²) in [4.78, 5) is 43.0. The number of pyridine rings is 2. The number of hydrogen-bond donors (Lipinski definition) is 1. The number of ether oxygens (including phenoxy) is 2. The Bertz CT molecular complexity index is 1450. The average Bonchev–Trinajstić information content (AvgIpc) is 2.85. The summed E-state index contributed by atoms with van der Waals surface area (Å²) in [5.74, 6) is 0.158. The van der Waals surface area contributed by atoms with E-state index in [1.54, 1.807) is 41.0 Å². The van der Waals surface area contributed by atoms with Crippen molar-refractivity contribution in [3.8, 4) is 11.5 Å². The number of amides is 1. The van der Waals surface area contributed by atoms with Crippen molar-refractivity contribution >= 4 is 39.9 Å². The van der Waals surface area contributed by atoms with Crippen LogP contribution < -0.4 is 20.2 Å². The van der Waals surface area contributed by atoms with Crippen LogP contribution in [0.2, 0.25) is 5.02 Å². The lowest BCUT2D eigenvalue weighted by molar-refractivity contribution is -0.116. The minimum atomic E-state index is -0.457. The van der Waals surface area contributed by atoms with Crippen LogP contribution in [0.25, 0.3) is 10.9 Å². The number of anilines is 1. The molecule has 172 valence electrons. The Hall–Kier alpha value is -4.17. The van der Waals surface area contributed by atoms with E-state index in [1.807, 2.05) is 0 Å². The number of hydrogen-bond acceptors (Lipinski definition) is 6. The Balaban J connectivity index is 1.74. The summed E-state index contributed by atoms with van der Waals surface area (Å²) in [6.45, 7) is -0.162. The summed E-state index contributed by atoms with van der Waals surface area (Å²) < 4.78 is 12.0. The van der Waals surface area contributed by atoms with E-state index in [1.165, 1.54) is 44.9 Å². The quantitative estimate of drug-likeness (QED) is 0.405. The first-order chi connectivity index (χ1) is 16.4. The molecule has 0 aliphatic rings. The molecule has 9 heteroatoms. The molecule has 2 aromatic heterocycles. The lowest BCUT2D eigenvalue weighted by Crippen LogP contribution is -2.24. The maximum atomic E-state index is 13.2. The predicted octanol–water partition coefficient (Wildman–Crippen LogP) is 3.94. The second-order valence-corrected chi connectivity index (χ2v) is 7.75. The summed E-state index contributed by atoms with van der Waals surface area (Å²) in [6.07, 6.45) is 4.35. The van der Waals surface area contributed by atoms with Crippen molar-refractivity contribution in [1.29, 1.82) is 0 Å². The minimum absolute atomic E-state index is 0.0517. The normalized spacial score (nSPS) is 10.7. The third-order valence-corrected chi connectivity index (χ3v) is 5.52. The maximum absolute atomic E-state index is 13.2. The molecular weight excluding hydrogens is 458 g/mol. The van der Waals surface area contributed by atoms with Gasteiger partial charge in [-0.15, -0.1) is 0 Å². The molecule has 0 aliphatic heterocycles. The van der Waals surface area contributed by atoms with Gasteiger partial charge in [0.25, 0.3) is 0 Å². The van der Waals surface area contributed by atoms with Crippen molar-refractivity contribution < 1.29 is 19.1 Å². The van der Waals surface area contributed by atoms with Gasteiger partial charge >= 0.3 is 0 Å². The zero-order valence-corrected chi connectivity index (χ0v) is 19.1. The van der Waals surface area contributed by atoms with Crippen LogP contribution in [0.5, 0.6) is 11.5 Å². The summed E-state index contributed by atoms with van der Waals surface area (Å²) in [6, 6.07) is 12.8. The minimum Gasteiger partial charge on any atom is -0.497 e. The number of methoxy groups -OCH3 is 2. The molecule has 2 aromatic carbocycles. The molecule has 34 heavy (non-hydrogen) atoms. The monoisotopic (exact) mass is 477 g/mol. The Labute approximate surface area is 199 Å². The van der Waals surface area contributed by atoms with E-state index in [0.717, 1.165) is 0 Å². The second kappa shape index (κ2) is 9.76. The molecule has 4 rings (SSSR count). The van der Waals surface area contributed by atoms with Gasteiger partial charge in [-0.1, -0.05) is 11.6 Å². The van der Waals surface area contributed by atoms with Crippen molar-refractivity contribution in [2.45, 2.75) is 6.54 Å². The van der Waals surface area contributed by atoms with Crippen molar-refractivity contribution in [2.75, 3.05) is 19.5 Å². The van der Waals surface area contributed by atoms with Crippen LogP contribution in [-0.2, 0) is 11.3 Å². The third kappa shape index (κ3) is 4.62. The fourth-order valence-electron chi connectivity index (χ4n) is 3.55. The predicted molar refractivity (Wildman–Crippen MR) is 129 cm³/mol. The molecule has 0 bridgehead atoms. The van der Waals surface area contributed by atoms with Gasteiger partial charge in [0.15, 0.2) is 5.78 Å². The number of fused-ring (bicyclic) bond motifs is 1. The van der Waals surface area contributed by atoms with Crippen molar-refractivity contribution in [3.63, 3.8) is 0 Å². The number of benzene rings is 2. The van der Waals surface area contributed by atoms with E-state index in [9.17, 15) is 14.4 Å². The molecule has 0 atom stereocenters. The highest BCUT2D eigenvalue weighted by Gasteiger charge is 2.19. The van der Waals surface area contributed by atoms with Gasteiger partial charge in [0, 0.05) is 41.3 Å². The van der Waals surface area contributed by atoms with Gasteiger partial charge in [0.05, 0.1) is 30.3 Å². The molecule has 8 nitrogen and oxygen atoms in total. The van der Waals surface area contributed by atoms with Gasteiger partial charge in [-0.3, -0.25) is 19.4 Å². The number of rotatable bonds is 7. The van der Waals surface area contributed by atoms with Crippen molar-refractivity contribution in [1.82, 2.24) is 9.55 Å². The van der Waals surface area contributed by atoms with Crippen LogP contribution in [-0.4, -0.2) is 35.5 Å². The third-order valence-electron chi connectivity index (χ3n) is 5.23. The van der Waals surface area contributed by atoms with E-state index in [2.05, 4.69) is 10.3 Å². The van der Waals surface area contributed by atoms with Crippen LogP contribution in [0.3, 0.4) is 0 Å². The highest BCUT2D eigenvalue weighted by molar-refractivity contribution is 6.32. The molecule has 4 aromatic rings. The Morgan fingerprint density at radius 1 is 1.03 bits per heavy atom. The SMILES string of the molecule is COc1ccc2c(=O)c(C(=O)c3ccncc3)cn(CC(=O)Nc3ccc(OC)c(Cl)c3)c2c1. The average molecular weight is 478 g/mol.